The fourth-order valence-electron chi connectivity index (χ4n) is 3.47. The molecule has 148 valence electrons. The van der Waals surface area contributed by atoms with Crippen LogP contribution in [-0.2, 0) is 17.6 Å². The number of nitrogens with one attached hydrogen (secondary N) is 3. The minimum absolute atomic E-state index is 0.103. The van der Waals surface area contributed by atoms with Crippen LogP contribution in [0, 0.1) is 25.2 Å². The van der Waals surface area contributed by atoms with Crippen molar-refractivity contribution >= 4 is 5.91 Å². The molecule has 0 unspecified atom stereocenters. The number of nitriles is 1. The second-order valence-electron chi connectivity index (χ2n) is 6.94. The van der Waals surface area contributed by atoms with Crippen LogP contribution in [0.2, 0.25) is 0 Å². The first-order chi connectivity index (χ1) is 14.0. The molecule has 3 N–H and O–H groups in total. The lowest BCUT2D eigenvalue weighted by Crippen LogP contribution is -2.30. The molecule has 0 radical (unpaired) electrons. The number of imidazole rings is 1. The van der Waals surface area contributed by atoms with Crippen molar-refractivity contribution in [2.45, 2.75) is 39.2 Å². The number of carbonyl (C=O) groups excluding carboxylic acids is 1. The average Bonchev–Trinajstić information content (AvgIpc) is 3.21. The topological polar surface area (TPSA) is 114 Å². The van der Waals surface area contributed by atoms with E-state index in [4.69, 9.17) is 0 Å². The van der Waals surface area contributed by atoms with Gasteiger partial charge in [-0.05, 0) is 37.0 Å². The highest BCUT2D eigenvalue weighted by molar-refractivity contribution is 5.77. The van der Waals surface area contributed by atoms with Crippen LogP contribution in [0.15, 0.2) is 47.5 Å². The molecule has 0 aliphatic carbocycles. The van der Waals surface area contributed by atoms with Gasteiger partial charge in [0.15, 0.2) is 0 Å². The Bertz CT molecular complexity index is 1080. The van der Waals surface area contributed by atoms with Crippen LogP contribution >= 0.6 is 0 Å². The van der Waals surface area contributed by atoms with Gasteiger partial charge >= 0.3 is 0 Å². The van der Waals surface area contributed by atoms with E-state index in [1.165, 1.54) is 0 Å². The molecule has 3 aromatic rings. The van der Waals surface area contributed by atoms with Crippen molar-refractivity contribution in [3.63, 3.8) is 0 Å². The molecule has 7 heteroatoms. The van der Waals surface area contributed by atoms with E-state index in [0.717, 1.165) is 17.0 Å². The third kappa shape index (κ3) is 4.79. The fourth-order valence-corrected chi connectivity index (χ4v) is 3.47. The molecular formula is C22H23N5O2. The summed E-state index contributed by atoms with van der Waals surface area (Å²) < 4.78 is 0. The van der Waals surface area contributed by atoms with E-state index in [9.17, 15) is 14.9 Å². The predicted molar refractivity (Wildman–Crippen MR) is 109 cm³/mol. The number of aromatic amines is 2. The summed E-state index contributed by atoms with van der Waals surface area (Å²) in [5, 5.41) is 12.3. The molecule has 2 aromatic heterocycles. The van der Waals surface area contributed by atoms with Gasteiger partial charge in [-0.3, -0.25) is 9.59 Å². The van der Waals surface area contributed by atoms with Crippen molar-refractivity contribution in [1.82, 2.24) is 20.3 Å². The molecule has 0 aliphatic heterocycles. The number of hydrogen-bond acceptors (Lipinski definition) is 4. The first-order valence-corrected chi connectivity index (χ1v) is 9.44. The second kappa shape index (κ2) is 9.02. The predicted octanol–water partition coefficient (Wildman–Crippen LogP) is 2.62. The molecule has 0 saturated carbocycles. The van der Waals surface area contributed by atoms with Gasteiger partial charge in [0.05, 0.1) is 6.04 Å². The highest BCUT2D eigenvalue weighted by Gasteiger charge is 2.18. The van der Waals surface area contributed by atoms with Crippen LogP contribution in [0.25, 0.3) is 0 Å². The molecule has 0 spiro atoms. The summed E-state index contributed by atoms with van der Waals surface area (Å²) in [6.45, 7) is 3.53. The van der Waals surface area contributed by atoms with Crippen molar-refractivity contribution in [3.8, 4) is 6.07 Å². The molecule has 0 bridgehead atoms. The van der Waals surface area contributed by atoms with Crippen LogP contribution in [0.1, 0.15) is 46.2 Å². The van der Waals surface area contributed by atoms with Crippen LogP contribution in [-0.4, -0.2) is 20.9 Å². The Kier molecular flexibility index (Phi) is 6.25. The third-order valence-electron chi connectivity index (χ3n) is 5.01. The maximum atomic E-state index is 12.7. The largest absolute Gasteiger partial charge is 0.349 e. The molecule has 2 heterocycles. The summed E-state index contributed by atoms with van der Waals surface area (Å²) in [5.74, 6) is 0.694. The van der Waals surface area contributed by atoms with Gasteiger partial charge in [0.1, 0.15) is 17.5 Å². The first kappa shape index (κ1) is 20.1. The molecule has 1 atom stereocenters. The number of carbonyl (C=O) groups is 1. The number of H-pyrrole nitrogens is 2. The van der Waals surface area contributed by atoms with Gasteiger partial charge in [0, 0.05) is 30.9 Å². The molecule has 1 aromatic carbocycles. The summed E-state index contributed by atoms with van der Waals surface area (Å²) in [5.41, 5.74) is 2.87. The zero-order valence-electron chi connectivity index (χ0n) is 16.5. The van der Waals surface area contributed by atoms with Crippen molar-refractivity contribution in [3.05, 3.63) is 86.9 Å². The first-order valence-electron chi connectivity index (χ1n) is 9.44. The Labute approximate surface area is 168 Å². The number of rotatable bonds is 7. The number of nitrogens with zero attached hydrogens (tertiary/aromatic N) is 2. The standard InChI is InChI=1S/C22H23N5O2/c1-14-17(15(2)26-22(29)18(14)13-23)8-9-21(28)27-19(12-20-24-10-11-25-20)16-6-4-3-5-7-16/h3-7,10-11,19H,8-9,12H2,1-2H3,(H,24,25)(H,26,29)(H,27,28)/t19-/m1/s1. The lowest BCUT2D eigenvalue weighted by Gasteiger charge is -2.19. The van der Waals surface area contributed by atoms with E-state index in [1.807, 2.05) is 36.4 Å². The van der Waals surface area contributed by atoms with Gasteiger partial charge in [-0.2, -0.15) is 5.26 Å². The van der Waals surface area contributed by atoms with Crippen LogP contribution < -0.4 is 10.9 Å². The average molecular weight is 389 g/mol. The molecule has 0 aliphatic rings. The second-order valence-corrected chi connectivity index (χ2v) is 6.94. The molecule has 3 rings (SSSR count). The number of hydrogen-bond donors (Lipinski definition) is 3. The van der Waals surface area contributed by atoms with Crippen LogP contribution in [0.4, 0.5) is 0 Å². The molecule has 29 heavy (non-hydrogen) atoms. The van der Waals surface area contributed by atoms with Gasteiger partial charge in [0.25, 0.3) is 5.56 Å². The Morgan fingerprint density at radius 1 is 1.28 bits per heavy atom. The summed E-state index contributed by atoms with van der Waals surface area (Å²) in [4.78, 5) is 34.6. The molecular weight excluding hydrogens is 366 g/mol. The highest BCUT2D eigenvalue weighted by Crippen LogP contribution is 2.18. The van der Waals surface area contributed by atoms with Crippen molar-refractivity contribution < 1.29 is 4.79 Å². The van der Waals surface area contributed by atoms with E-state index in [0.29, 0.717) is 24.1 Å². The van der Waals surface area contributed by atoms with Crippen LogP contribution in [0.5, 0.6) is 0 Å². The van der Waals surface area contributed by atoms with Crippen molar-refractivity contribution in [2.75, 3.05) is 0 Å². The normalized spacial score (nSPS) is 11.6. The number of aryl methyl sites for hydroxylation is 1. The maximum absolute atomic E-state index is 12.7. The van der Waals surface area contributed by atoms with Gasteiger partial charge < -0.3 is 15.3 Å². The number of pyridine rings is 1. The lowest BCUT2D eigenvalue weighted by atomic mass is 9.98. The van der Waals surface area contributed by atoms with Crippen LogP contribution in [0.3, 0.4) is 0 Å². The molecule has 7 nitrogen and oxygen atoms in total. The van der Waals surface area contributed by atoms with E-state index >= 15 is 0 Å². The monoisotopic (exact) mass is 389 g/mol. The zero-order valence-corrected chi connectivity index (χ0v) is 16.5. The Hall–Kier alpha value is -3.66. The van der Waals surface area contributed by atoms with Crippen molar-refractivity contribution in [1.29, 1.82) is 5.26 Å². The van der Waals surface area contributed by atoms with E-state index in [1.54, 1.807) is 26.2 Å². The third-order valence-corrected chi connectivity index (χ3v) is 5.01. The van der Waals surface area contributed by atoms with Gasteiger partial charge in [0.2, 0.25) is 5.91 Å². The Balaban J connectivity index is 1.73. The van der Waals surface area contributed by atoms with Gasteiger partial charge in [-0.15, -0.1) is 0 Å². The fraction of sp³-hybridized carbons (Fsp3) is 0.273. The molecule has 1 amide bonds. The van der Waals surface area contributed by atoms with E-state index < -0.39 is 5.56 Å². The Morgan fingerprint density at radius 3 is 2.69 bits per heavy atom. The number of amides is 1. The number of aromatic nitrogens is 3. The summed E-state index contributed by atoms with van der Waals surface area (Å²) in [6.07, 6.45) is 4.69. The summed E-state index contributed by atoms with van der Waals surface area (Å²) in [6, 6.07) is 11.5. The van der Waals surface area contributed by atoms with Gasteiger partial charge in [-0.25, -0.2) is 4.98 Å². The minimum atomic E-state index is -0.390. The smallest absolute Gasteiger partial charge is 0.266 e. The highest BCUT2D eigenvalue weighted by atomic mass is 16.1. The van der Waals surface area contributed by atoms with Gasteiger partial charge in [-0.1, -0.05) is 30.3 Å². The minimum Gasteiger partial charge on any atom is -0.349 e. The Morgan fingerprint density at radius 2 is 2.03 bits per heavy atom. The van der Waals surface area contributed by atoms with E-state index in [-0.39, 0.29) is 23.9 Å². The number of benzene rings is 1. The maximum Gasteiger partial charge on any atom is 0.266 e. The lowest BCUT2D eigenvalue weighted by molar-refractivity contribution is -0.121. The van der Waals surface area contributed by atoms with Crippen molar-refractivity contribution in [2.24, 2.45) is 0 Å². The summed E-state index contributed by atoms with van der Waals surface area (Å²) in [7, 11) is 0. The molecule has 0 saturated heterocycles. The SMILES string of the molecule is Cc1[nH]c(=O)c(C#N)c(C)c1CCC(=O)N[C@H](Cc1ncc[nH]1)c1ccccc1. The van der Waals surface area contributed by atoms with E-state index in [2.05, 4.69) is 20.3 Å². The summed E-state index contributed by atoms with van der Waals surface area (Å²) >= 11 is 0. The quantitative estimate of drug-likeness (QED) is 0.576. The molecule has 0 fully saturated rings. The zero-order chi connectivity index (χ0) is 20.8.